The first kappa shape index (κ1) is 19.5. The molecule has 0 bridgehead atoms. The first-order chi connectivity index (χ1) is 13.9. The Labute approximate surface area is 178 Å². The van der Waals surface area contributed by atoms with Crippen molar-refractivity contribution in [3.05, 3.63) is 80.9 Å². The zero-order valence-corrected chi connectivity index (χ0v) is 17.5. The molecule has 0 radical (unpaired) electrons. The largest absolute Gasteiger partial charge is 0.487 e. The minimum absolute atomic E-state index is 0.120. The predicted molar refractivity (Wildman–Crippen MR) is 118 cm³/mol. The van der Waals surface area contributed by atoms with Crippen molar-refractivity contribution in [2.45, 2.75) is 20.5 Å². The standard InChI is InChI=1S/C22H18ClN3O2S/c1-13-5-3-4-6-16(13)11-28-19-8-7-15(10-18(19)23)9-17-20(24)26-14(2)12-29-22(26)25-21(17)27/h3-10,12,24H,11H2,1-2H3/b17-9+,24-20?. The Kier molecular flexibility index (Phi) is 5.30. The molecule has 29 heavy (non-hydrogen) atoms. The van der Waals surface area contributed by atoms with E-state index in [2.05, 4.69) is 4.99 Å². The van der Waals surface area contributed by atoms with Gasteiger partial charge in [0.05, 0.1) is 10.6 Å². The maximum atomic E-state index is 12.4. The highest BCUT2D eigenvalue weighted by Crippen LogP contribution is 2.33. The highest BCUT2D eigenvalue weighted by Gasteiger charge is 2.33. The van der Waals surface area contributed by atoms with Crippen LogP contribution in [-0.2, 0) is 11.4 Å². The Morgan fingerprint density at radius 2 is 2.03 bits per heavy atom. The Balaban J connectivity index is 1.55. The van der Waals surface area contributed by atoms with E-state index in [1.807, 2.05) is 49.6 Å². The number of thioether (sulfide) groups is 1. The van der Waals surface area contributed by atoms with Gasteiger partial charge in [-0.3, -0.25) is 15.1 Å². The third-order valence-corrected chi connectivity index (χ3v) is 5.94. The number of aryl methyl sites for hydroxylation is 1. The topological polar surface area (TPSA) is 65.8 Å². The molecule has 146 valence electrons. The van der Waals surface area contributed by atoms with E-state index in [-0.39, 0.29) is 11.4 Å². The lowest BCUT2D eigenvalue weighted by atomic mass is 10.1. The summed E-state index contributed by atoms with van der Waals surface area (Å²) in [5.41, 5.74) is 4.06. The highest BCUT2D eigenvalue weighted by atomic mass is 35.5. The number of aliphatic imine (C=N–C) groups is 1. The molecule has 2 aromatic carbocycles. The highest BCUT2D eigenvalue weighted by molar-refractivity contribution is 8.16. The first-order valence-electron chi connectivity index (χ1n) is 8.98. The van der Waals surface area contributed by atoms with E-state index in [0.717, 1.165) is 16.8 Å². The number of carbonyl (C=O) groups excluding carboxylic acids is 1. The molecule has 7 heteroatoms. The fraction of sp³-hybridized carbons (Fsp3) is 0.136. The van der Waals surface area contributed by atoms with Gasteiger partial charge >= 0.3 is 0 Å². The van der Waals surface area contributed by atoms with Crippen molar-refractivity contribution >= 4 is 46.3 Å². The zero-order valence-electron chi connectivity index (χ0n) is 15.9. The molecule has 1 amide bonds. The number of allylic oxidation sites excluding steroid dienone is 1. The Bertz CT molecular complexity index is 1120. The van der Waals surface area contributed by atoms with E-state index in [1.165, 1.54) is 11.8 Å². The van der Waals surface area contributed by atoms with Gasteiger partial charge in [0, 0.05) is 5.70 Å². The lowest BCUT2D eigenvalue weighted by Gasteiger charge is -2.25. The van der Waals surface area contributed by atoms with Crippen LogP contribution in [0.1, 0.15) is 23.6 Å². The monoisotopic (exact) mass is 423 g/mol. The molecule has 0 saturated carbocycles. The van der Waals surface area contributed by atoms with Gasteiger partial charge in [-0.25, -0.2) is 0 Å². The van der Waals surface area contributed by atoms with Crippen LogP contribution < -0.4 is 4.74 Å². The van der Waals surface area contributed by atoms with Gasteiger partial charge in [0.2, 0.25) is 0 Å². The second kappa shape index (κ2) is 7.89. The Morgan fingerprint density at radius 3 is 2.79 bits per heavy atom. The number of hydrogen-bond donors (Lipinski definition) is 1. The molecule has 2 aliphatic heterocycles. The maximum absolute atomic E-state index is 12.4. The van der Waals surface area contributed by atoms with Crippen LogP contribution in [-0.4, -0.2) is 21.8 Å². The molecule has 0 atom stereocenters. The molecular formula is C22H18ClN3O2S. The number of amidine groups is 2. The minimum Gasteiger partial charge on any atom is -0.487 e. The van der Waals surface area contributed by atoms with Crippen LogP contribution in [0.3, 0.4) is 0 Å². The van der Waals surface area contributed by atoms with Crippen molar-refractivity contribution in [2.24, 2.45) is 4.99 Å². The number of fused-ring (bicyclic) bond motifs is 1. The quantitative estimate of drug-likeness (QED) is 0.669. The summed E-state index contributed by atoms with van der Waals surface area (Å²) in [7, 11) is 0. The third-order valence-electron chi connectivity index (χ3n) is 4.70. The van der Waals surface area contributed by atoms with Crippen LogP contribution in [0.4, 0.5) is 0 Å². The number of nitrogens with zero attached hydrogens (tertiary/aromatic N) is 2. The SMILES string of the molecule is CC1=CSC2=NC(=O)/C(=C/c3ccc(OCc4ccccc4C)c(Cl)c3)C(=N)N12. The third kappa shape index (κ3) is 3.86. The number of ether oxygens (including phenoxy) is 1. The molecule has 0 aromatic heterocycles. The average Bonchev–Trinajstić information content (AvgIpc) is 3.06. The van der Waals surface area contributed by atoms with E-state index in [4.69, 9.17) is 21.7 Å². The Morgan fingerprint density at radius 1 is 1.24 bits per heavy atom. The lowest BCUT2D eigenvalue weighted by Crippen LogP contribution is -2.37. The van der Waals surface area contributed by atoms with Gasteiger partial charge in [-0.2, -0.15) is 4.99 Å². The van der Waals surface area contributed by atoms with Crippen molar-refractivity contribution < 1.29 is 9.53 Å². The van der Waals surface area contributed by atoms with Gasteiger partial charge in [-0.1, -0.05) is 53.7 Å². The van der Waals surface area contributed by atoms with Gasteiger partial charge in [-0.05, 0) is 54.2 Å². The maximum Gasteiger partial charge on any atom is 0.283 e. The molecule has 0 saturated heterocycles. The molecule has 5 nitrogen and oxygen atoms in total. The number of carbonyl (C=O) groups is 1. The van der Waals surface area contributed by atoms with Gasteiger partial charge in [0.25, 0.3) is 5.91 Å². The number of amides is 1. The van der Waals surface area contributed by atoms with E-state index in [1.54, 1.807) is 23.1 Å². The van der Waals surface area contributed by atoms with Crippen LogP contribution >= 0.6 is 23.4 Å². The molecule has 0 aliphatic carbocycles. The minimum atomic E-state index is -0.423. The average molecular weight is 424 g/mol. The normalized spacial score (nSPS) is 17.3. The summed E-state index contributed by atoms with van der Waals surface area (Å²) < 4.78 is 5.86. The van der Waals surface area contributed by atoms with E-state index < -0.39 is 5.91 Å². The van der Waals surface area contributed by atoms with Gasteiger partial charge < -0.3 is 4.74 Å². The molecule has 0 fully saturated rings. The summed E-state index contributed by atoms with van der Waals surface area (Å²) in [5, 5.41) is 11.2. The van der Waals surface area contributed by atoms with Gasteiger partial charge in [-0.15, -0.1) is 0 Å². The van der Waals surface area contributed by atoms with Crippen molar-refractivity contribution in [3.63, 3.8) is 0 Å². The molecule has 1 N–H and O–H groups in total. The summed E-state index contributed by atoms with van der Waals surface area (Å²) in [6.45, 7) is 4.34. The summed E-state index contributed by atoms with van der Waals surface area (Å²) in [4.78, 5) is 18.1. The Hall–Kier alpha value is -2.83. The van der Waals surface area contributed by atoms with Gasteiger partial charge in [0.1, 0.15) is 18.2 Å². The zero-order chi connectivity index (χ0) is 20.5. The number of benzene rings is 2. The smallest absolute Gasteiger partial charge is 0.283 e. The molecule has 4 rings (SSSR count). The van der Waals surface area contributed by atoms with E-state index in [0.29, 0.717) is 28.1 Å². The number of rotatable bonds is 4. The van der Waals surface area contributed by atoms with Crippen molar-refractivity contribution in [1.29, 1.82) is 5.41 Å². The van der Waals surface area contributed by atoms with Crippen LogP contribution in [0.15, 0.2) is 64.1 Å². The second-order valence-electron chi connectivity index (χ2n) is 6.72. The van der Waals surface area contributed by atoms with Gasteiger partial charge in [0.15, 0.2) is 5.17 Å². The van der Waals surface area contributed by atoms with Crippen LogP contribution in [0.2, 0.25) is 5.02 Å². The van der Waals surface area contributed by atoms with Crippen molar-refractivity contribution in [1.82, 2.24) is 4.90 Å². The molecule has 0 spiro atoms. The lowest BCUT2D eigenvalue weighted by molar-refractivity contribution is -0.114. The predicted octanol–water partition coefficient (Wildman–Crippen LogP) is 5.39. The fourth-order valence-electron chi connectivity index (χ4n) is 3.06. The molecule has 0 unspecified atom stereocenters. The molecule has 2 aliphatic rings. The molecular weight excluding hydrogens is 406 g/mol. The summed E-state index contributed by atoms with van der Waals surface area (Å²) >= 11 is 7.74. The summed E-state index contributed by atoms with van der Waals surface area (Å²) in [5.74, 6) is 0.264. The first-order valence-corrected chi connectivity index (χ1v) is 10.2. The fourth-order valence-corrected chi connectivity index (χ4v) is 4.16. The van der Waals surface area contributed by atoms with E-state index >= 15 is 0 Å². The number of halogens is 1. The van der Waals surface area contributed by atoms with Crippen molar-refractivity contribution in [3.8, 4) is 5.75 Å². The van der Waals surface area contributed by atoms with Crippen LogP contribution in [0, 0.1) is 12.3 Å². The molecule has 2 aromatic rings. The number of nitrogens with one attached hydrogen (secondary N) is 1. The number of hydrogen-bond acceptors (Lipinski definition) is 4. The van der Waals surface area contributed by atoms with Crippen LogP contribution in [0.5, 0.6) is 5.75 Å². The summed E-state index contributed by atoms with van der Waals surface area (Å²) in [6, 6.07) is 13.3. The summed E-state index contributed by atoms with van der Waals surface area (Å²) in [6.07, 6.45) is 1.64. The van der Waals surface area contributed by atoms with E-state index in [9.17, 15) is 4.79 Å². The molecule has 2 heterocycles. The van der Waals surface area contributed by atoms with Crippen LogP contribution in [0.25, 0.3) is 6.08 Å². The van der Waals surface area contributed by atoms with Crippen molar-refractivity contribution in [2.75, 3.05) is 0 Å². The second-order valence-corrected chi connectivity index (χ2v) is 7.97.